The first-order valence-electron chi connectivity index (χ1n) is 4.44. The zero-order valence-corrected chi connectivity index (χ0v) is 7.29. The fourth-order valence-electron chi connectivity index (χ4n) is 1.47. The maximum absolute atomic E-state index is 13.2. The Morgan fingerprint density at radius 1 is 1.46 bits per heavy atom. The van der Waals surface area contributed by atoms with Gasteiger partial charge in [0.15, 0.2) is 0 Å². The van der Waals surface area contributed by atoms with Gasteiger partial charge in [0, 0.05) is 13.0 Å². The van der Waals surface area contributed by atoms with Gasteiger partial charge < -0.3 is 4.74 Å². The van der Waals surface area contributed by atoms with Crippen molar-refractivity contribution < 1.29 is 9.13 Å². The van der Waals surface area contributed by atoms with E-state index in [0.717, 1.165) is 13.2 Å². The van der Waals surface area contributed by atoms with Gasteiger partial charge in [0.25, 0.3) is 0 Å². The third-order valence-electron chi connectivity index (χ3n) is 2.16. The largest absolute Gasteiger partial charge is 0.362 e. The average Bonchev–Trinajstić information content (AvgIpc) is 2.61. The predicted molar refractivity (Wildman–Crippen MR) is 47.8 cm³/mol. The number of hydrogen-bond acceptors (Lipinski definition) is 2. The molecular weight excluding hydrogens is 169 g/mol. The molecule has 1 fully saturated rings. The molecule has 1 aliphatic heterocycles. The molecule has 1 saturated heterocycles. The van der Waals surface area contributed by atoms with Crippen LogP contribution in [0.1, 0.15) is 5.56 Å². The van der Waals surface area contributed by atoms with Crippen molar-refractivity contribution in [2.45, 2.75) is 12.6 Å². The number of halogens is 1. The van der Waals surface area contributed by atoms with Gasteiger partial charge in [0.2, 0.25) is 0 Å². The molecule has 0 saturated carbocycles. The second-order valence-electron chi connectivity index (χ2n) is 3.11. The van der Waals surface area contributed by atoms with Gasteiger partial charge in [0.1, 0.15) is 12.0 Å². The summed E-state index contributed by atoms with van der Waals surface area (Å²) in [6, 6.07) is 6.80. The highest BCUT2D eigenvalue weighted by Crippen LogP contribution is 2.11. The van der Waals surface area contributed by atoms with Crippen LogP contribution in [-0.2, 0) is 11.2 Å². The predicted octanol–water partition coefficient (Wildman–Crippen LogP) is 1.31. The zero-order valence-electron chi connectivity index (χ0n) is 7.29. The second-order valence-corrected chi connectivity index (χ2v) is 3.11. The van der Waals surface area contributed by atoms with E-state index in [1.165, 1.54) is 6.07 Å². The van der Waals surface area contributed by atoms with Gasteiger partial charge in [-0.15, -0.1) is 0 Å². The molecule has 0 spiro atoms. The average molecular weight is 181 g/mol. The first-order valence-corrected chi connectivity index (χ1v) is 4.44. The minimum absolute atomic E-state index is 0.0168. The number of ether oxygens (including phenoxy) is 1. The molecule has 1 heterocycles. The molecule has 0 bridgehead atoms. The molecule has 1 N–H and O–H groups in total. The van der Waals surface area contributed by atoms with Crippen LogP contribution in [0.4, 0.5) is 4.39 Å². The Morgan fingerprint density at radius 3 is 3.00 bits per heavy atom. The summed E-state index contributed by atoms with van der Waals surface area (Å²) in [5, 5.41) is 3.14. The maximum atomic E-state index is 13.2. The second kappa shape index (κ2) is 3.85. The molecule has 13 heavy (non-hydrogen) atoms. The van der Waals surface area contributed by atoms with Crippen molar-refractivity contribution in [3.63, 3.8) is 0 Å². The summed E-state index contributed by atoms with van der Waals surface area (Å²) in [6.07, 6.45) is 0.587. The Hall–Kier alpha value is -0.930. The number of hydrogen-bond donors (Lipinski definition) is 1. The lowest BCUT2D eigenvalue weighted by molar-refractivity contribution is 0.101. The van der Waals surface area contributed by atoms with Crippen molar-refractivity contribution in [1.29, 1.82) is 0 Å². The summed E-state index contributed by atoms with van der Waals surface area (Å²) in [5.74, 6) is -0.153. The standard InChI is InChI=1S/C10H12FNO/c11-9-4-2-1-3-8(9)7-10-12-5-6-13-10/h1-4,10,12H,5-7H2. The van der Waals surface area contributed by atoms with Crippen LogP contribution in [0.3, 0.4) is 0 Å². The Morgan fingerprint density at radius 2 is 2.31 bits per heavy atom. The lowest BCUT2D eigenvalue weighted by Crippen LogP contribution is -2.25. The van der Waals surface area contributed by atoms with E-state index >= 15 is 0 Å². The fraction of sp³-hybridized carbons (Fsp3) is 0.400. The van der Waals surface area contributed by atoms with Gasteiger partial charge in [-0.25, -0.2) is 4.39 Å². The molecule has 0 aliphatic carbocycles. The lowest BCUT2D eigenvalue weighted by atomic mass is 10.1. The first kappa shape index (κ1) is 8.66. The summed E-state index contributed by atoms with van der Waals surface area (Å²) in [5.41, 5.74) is 0.710. The van der Waals surface area contributed by atoms with Gasteiger partial charge in [-0.2, -0.15) is 0 Å². The van der Waals surface area contributed by atoms with E-state index in [4.69, 9.17) is 4.74 Å². The van der Waals surface area contributed by atoms with Crippen molar-refractivity contribution in [3.05, 3.63) is 35.6 Å². The summed E-state index contributed by atoms with van der Waals surface area (Å²) >= 11 is 0. The SMILES string of the molecule is Fc1ccccc1CC1NCCO1. The molecular formula is C10H12FNO. The van der Waals surface area contributed by atoms with Gasteiger partial charge in [0.05, 0.1) is 6.61 Å². The highest BCUT2D eigenvalue weighted by Gasteiger charge is 2.15. The van der Waals surface area contributed by atoms with Crippen molar-refractivity contribution in [1.82, 2.24) is 5.32 Å². The zero-order chi connectivity index (χ0) is 9.10. The van der Waals surface area contributed by atoms with Crippen molar-refractivity contribution in [2.75, 3.05) is 13.2 Å². The minimum Gasteiger partial charge on any atom is -0.362 e. The Kier molecular flexibility index (Phi) is 2.57. The van der Waals surface area contributed by atoms with Gasteiger partial charge >= 0.3 is 0 Å². The van der Waals surface area contributed by atoms with E-state index in [-0.39, 0.29) is 12.0 Å². The molecule has 3 heteroatoms. The quantitative estimate of drug-likeness (QED) is 0.742. The van der Waals surface area contributed by atoms with Gasteiger partial charge in [-0.05, 0) is 11.6 Å². The molecule has 1 atom stereocenters. The van der Waals surface area contributed by atoms with E-state index in [9.17, 15) is 4.39 Å². The topological polar surface area (TPSA) is 21.3 Å². The van der Waals surface area contributed by atoms with Crippen LogP contribution in [0, 0.1) is 5.82 Å². The molecule has 0 radical (unpaired) electrons. The maximum Gasteiger partial charge on any atom is 0.126 e. The van der Waals surface area contributed by atoms with E-state index in [2.05, 4.69) is 5.32 Å². The van der Waals surface area contributed by atoms with Gasteiger partial charge in [-0.3, -0.25) is 5.32 Å². The van der Waals surface area contributed by atoms with Crippen LogP contribution in [-0.4, -0.2) is 19.4 Å². The Bertz CT molecular complexity index is 284. The third-order valence-corrected chi connectivity index (χ3v) is 2.16. The molecule has 0 amide bonds. The van der Waals surface area contributed by atoms with Crippen LogP contribution in [0.5, 0.6) is 0 Å². The third kappa shape index (κ3) is 2.05. The summed E-state index contributed by atoms with van der Waals surface area (Å²) in [7, 11) is 0. The van der Waals surface area contributed by atoms with Crippen LogP contribution in [0.15, 0.2) is 24.3 Å². The number of nitrogens with one attached hydrogen (secondary N) is 1. The van der Waals surface area contributed by atoms with E-state index < -0.39 is 0 Å². The number of benzene rings is 1. The Balaban J connectivity index is 2.04. The molecule has 1 unspecified atom stereocenters. The highest BCUT2D eigenvalue weighted by molar-refractivity contribution is 5.18. The van der Waals surface area contributed by atoms with Crippen LogP contribution in [0.2, 0.25) is 0 Å². The summed E-state index contributed by atoms with van der Waals surface area (Å²) < 4.78 is 18.5. The lowest BCUT2D eigenvalue weighted by Gasteiger charge is -2.09. The first-order chi connectivity index (χ1) is 6.36. The molecule has 2 nitrogen and oxygen atoms in total. The monoisotopic (exact) mass is 181 g/mol. The van der Waals surface area contributed by atoms with Gasteiger partial charge in [-0.1, -0.05) is 18.2 Å². The molecule has 1 aliphatic rings. The molecule has 2 rings (SSSR count). The number of rotatable bonds is 2. The van der Waals surface area contributed by atoms with Crippen LogP contribution in [0.25, 0.3) is 0 Å². The van der Waals surface area contributed by atoms with Crippen LogP contribution >= 0.6 is 0 Å². The van der Waals surface area contributed by atoms with Crippen molar-refractivity contribution in [2.24, 2.45) is 0 Å². The van der Waals surface area contributed by atoms with E-state index in [0.29, 0.717) is 12.0 Å². The molecule has 1 aromatic rings. The summed E-state index contributed by atoms with van der Waals surface area (Å²) in [6.45, 7) is 1.58. The van der Waals surface area contributed by atoms with Crippen molar-refractivity contribution >= 4 is 0 Å². The van der Waals surface area contributed by atoms with E-state index in [1.807, 2.05) is 6.07 Å². The normalized spacial score (nSPS) is 22.1. The summed E-state index contributed by atoms with van der Waals surface area (Å²) in [4.78, 5) is 0. The van der Waals surface area contributed by atoms with E-state index in [1.54, 1.807) is 12.1 Å². The molecule has 1 aromatic carbocycles. The highest BCUT2D eigenvalue weighted by atomic mass is 19.1. The molecule has 70 valence electrons. The molecule has 0 aromatic heterocycles. The Labute approximate surface area is 76.7 Å². The van der Waals surface area contributed by atoms with Crippen molar-refractivity contribution in [3.8, 4) is 0 Å². The minimum atomic E-state index is -0.153. The smallest absolute Gasteiger partial charge is 0.126 e. The fourth-order valence-corrected chi connectivity index (χ4v) is 1.47. The van der Waals surface area contributed by atoms with Crippen LogP contribution < -0.4 is 5.32 Å².